The Morgan fingerprint density at radius 3 is 2.71 bits per heavy atom. The molecule has 2 rings (SSSR count). The number of piperidine rings is 1. The van der Waals surface area contributed by atoms with Gasteiger partial charge in [0.15, 0.2) is 0 Å². The van der Waals surface area contributed by atoms with E-state index in [1.54, 1.807) is 6.08 Å². The van der Waals surface area contributed by atoms with E-state index < -0.39 is 5.97 Å². The summed E-state index contributed by atoms with van der Waals surface area (Å²) in [7, 11) is 0. The zero-order chi connectivity index (χ0) is 12.1. The highest BCUT2D eigenvalue weighted by atomic mass is 16.4. The predicted octanol–water partition coefficient (Wildman–Crippen LogP) is 1.19. The van der Waals surface area contributed by atoms with Gasteiger partial charge in [0.1, 0.15) is 0 Å². The first-order chi connectivity index (χ1) is 8.25. The molecule has 96 valence electrons. The Kier molecular flexibility index (Phi) is 4.57. The fourth-order valence-electron chi connectivity index (χ4n) is 2.86. The monoisotopic (exact) mass is 238 g/mol. The van der Waals surface area contributed by atoms with Crippen molar-refractivity contribution in [3.63, 3.8) is 0 Å². The molecule has 0 saturated carbocycles. The molecule has 0 aromatic rings. The average Bonchev–Trinajstić information content (AvgIpc) is 2.78. The van der Waals surface area contributed by atoms with Gasteiger partial charge in [-0.1, -0.05) is 12.5 Å². The van der Waals surface area contributed by atoms with Gasteiger partial charge in [-0.2, -0.15) is 0 Å². The molecular formula is C13H22N2O2. The Labute approximate surface area is 103 Å². The Morgan fingerprint density at radius 1 is 1.24 bits per heavy atom. The van der Waals surface area contributed by atoms with Crippen molar-refractivity contribution in [1.82, 2.24) is 9.80 Å². The van der Waals surface area contributed by atoms with Crippen LogP contribution in [0, 0.1) is 0 Å². The highest BCUT2D eigenvalue weighted by Crippen LogP contribution is 2.19. The molecule has 0 aromatic carbocycles. The summed E-state index contributed by atoms with van der Waals surface area (Å²) >= 11 is 0. The van der Waals surface area contributed by atoms with Crippen molar-refractivity contribution in [2.45, 2.75) is 31.7 Å². The molecule has 1 atom stereocenters. The van der Waals surface area contributed by atoms with E-state index in [0.29, 0.717) is 6.04 Å². The van der Waals surface area contributed by atoms with E-state index in [9.17, 15) is 4.79 Å². The molecule has 0 spiro atoms. The van der Waals surface area contributed by atoms with Gasteiger partial charge < -0.3 is 5.11 Å². The third kappa shape index (κ3) is 3.82. The normalized spacial score (nSPS) is 27.9. The fourth-order valence-corrected chi connectivity index (χ4v) is 2.86. The zero-order valence-electron chi connectivity index (χ0n) is 10.3. The van der Waals surface area contributed by atoms with Crippen LogP contribution < -0.4 is 0 Å². The van der Waals surface area contributed by atoms with E-state index in [0.717, 1.165) is 19.6 Å². The maximum absolute atomic E-state index is 10.4. The van der Waals surface area contributed by atoms with Crippen molar-refractivity contribution < 1.29 is 9.90 Å². The number of nitrogens with zero attached hydrogens (tertiary/aromatic N) is 2. The highest BCUT2D eigenvalue weighted by molar-refractivity contribution is 5.79. The van der Waals surface area contributed by atoms with Gasteiger partial charge in [0.25, 0.3) is 0 Å². The minimum atomic E-state index is -0.850. The van der Waals surface area contributed by atoms with Crippen LogP contribution in [0.3, 0.4) is 0 Å². The van der Waals surface area contributed by atoms with Crippen LogP contribution in [0.1, 0.15) is 25.7 Å². The van der Waals surface area contributed by atoms with Gasteiger partial charge >= 0.3 is 5.97 Å². The lowest BCUT2D eigenvalue weighted by Gasteiger charge is -2.32. The maximum atomic E-state index is 10.4. The fraction of sp³-hybridized carbons (Fsp3) is 0.769. The predicted molar refractivity (Wildman–Crippen MR) is 67.0 cm³/mol. The van der Waals surface area contributed by atoms with Crippen LogP contribution in [-0.2, 0) is 4.79 Å². The van der Waals surface area contributed by atoms with E-state index in [1.807, 2.05) is 0 Å². The number of hydrogen-bond donors (Lipinski definition) is 1. The number of aliphatic carboxylic acids is 1. The smallest absolute Gasteiger partial charge is 0.328 e. The highest BCUT2D eigenvalue weighted by Gasteiger charge is 2.27. The van der Waals surface area contributed by atoms with Gasteiger partial charge in [-0.15, -0.1) is 0 Å². The first-order valence-corrected chi connectivity index (χ1v) is 6.61. The van der Waals surface area contributed by atoms with Crippen LogP contribution in [0.5, 0.6) is 0 Å². The molecule has 0 bridgehead atoms. The Balaban J connectivity index is 1.73. The van der Waals surface area contributed by atoms with Crippen LogP contribution in [0.15, 0.2) is 12.2 Å². The van der Waals surface area contributed by atoms with Crippen molar-refractivity contribution in [1.29, 1.82) is 0 Å². The second-order valence-electron chi connectivity index (χ2n) is 5.04. The summed E-state index contributed by atoms with van der Waals surface area (Å²) in [4.78, 5) is 15.3. The van der Waals surface area contributed by atoms with Crippen LogP contribution >= 0.6 is 0 Å². The van der Waals surface area contributed by atoms with Gasteiger partial charge in [-0.05, 0) is 32.4 Å². The van der Waals surface area contributed by atoms with E-state index in [1.165, 1.54) is 44.8 Å². The SMILES string of the molecule is O=C(O)/C=C/CN1CCC(N2CCCCC2)C1. The molecular weight excluding hydrogens is 216 g/mol. The molecule has 0 aliphatic carbocycles. The van der Waals surface area contributed by atoms with Gasteiger partial charge in [0.2, 0.25) is 0 Å². The Hall–Kier alpha value is -0.870. The van der Waals surface area contributed by atoms with E-state index in [2.05, 4.69) is 9.80 Å². The topological polar surface area (TPSA) is 43.8 Å². The molecule has 2 aliphatic rings. The van der Waals surface area contributed by atoms with E-state index >= 15 is 0 Å². The summed E-state index contributed by atoms with van der Waals surface area (Å²) in [6.45, 7) is 5.48. The second kappa shape index (κ2) is 6.17. The molecule has 4 heteroatoms. The number of carbonyl (C=O) groups is 1. The van der Waals surface area contributed by atoms with Crippen LogP contribution in [-0.4, -0.2) is 59.6 Å². The molecule has 2 aliphatic heterocycles. The summed E-state index contributed by atoms with van der Waals surface area (Å²) in [5, 5.41) is 8.53. The molecule has 1 N–H and O–H groups in total. The standard InChI is InChI=1S/C13H22N2O2/c16-13(17)5-4-7-14-10-6-12(11-14)15-8-2-1-3-9-15/h4-5,12H,1-3,6-11H2,(H,16,17)/b5-4+. The number of carboxylic acid groups (broad SMARTS) is 1. The summed E-state index contributed by atoms with van der Waals surface area (Å²) < 4.78 is 0. The van der Waals surface area contributed by atoms with Crippen molar-refractivity contribution >= 4 is 5.97 Å². The minimum absolute atomic E-state index is 0.702. The largest absolute Gasteiger partial charge is 0.478 e. The van der Waals surface area contributed by atoms with Crippen molar-refractivity contribution in [3.8, 4) is 0 Å². The van der Waals surface area contributed by atoms with Crippen LogP contribution in [0.2, 0.25) is 0 Å². The Bertz CT molecular complexity index is 285. The molecule has 4 nitrogen and oxygen atoms in total. The molecule has 2 saturated heterocycles. The van der Waals surface area contributed by atoms with Gasteiger partial charge in [-0.3, -0.25) is 9.80 Å². The lowest BCUT2D eigenvalue weighted by Crippen LogP contribution is -2.40. The number of carboxylic acids is 1. The summed E-state index contributed by atoms with van der Waals surface area (Å²) in [6.07, 6.45) is 8.30. The zero-order valence-corrected chi connectivity index (χ0v) is 10.3. The number of rotatable bonds is 4. The van der Waals surface area contributed by atoms with Crippen molar-refractivity contribution in [2.24, 2.45) is 0 Å². The molecule has 0 radical (unpaired) electrons. The third-order valence-corrected chi connectivity index (χ3v) is 3.78. The molecule has 17 heavy (non-hydrogen) atoms. The first kappa shape index (κ1) is 12.6. The summed E-state index contributed by atoms with van der Waals surface area (Å²) in [5.41, 5.74) is 0. The van der Waals surface area contributed by atoms with E-state index in [-0.39, 0.29) is 0 Å². The first-order valence-electron chi connectivity index (χ1n) is 6.61. The van der Waals surface area contributed by atoms with Crippen LogP contribution in [0.25, 0.3) is 0 Å². The van der Waals surface area contributed by atoms with Crippen molar-refractivity contribution in [2.75, 3.05) is 32.7 Å². The lowest BCUT2D eigenvalue weighted by molar-refractivity contribution is -0.131. The summed E-state index contributed by atoms with van der Waals surface area (Å²) in [5.74, 6) is -0.850. The Morgan fingerprint density at radius 2 is 2.00 bits per heavy atom. The average molecular weight is 238 g/mol. The summed E-state index contributed by atoms with van der Waals surface area (Å²) in [6, 6.07) is 0.702. The van der Waals surface area contributed by atoms with Crippen LogP contribution in [0.4, 0.5) is 0 Å². The second-order valence-corrected chi connectivity index (χ2v) is 5.04. The molecule has 0 amide bonds. The van der Waals surface area contributed by atoms with Gasteiger partial charge in [-0.25, -0.2) is 4.79 Å². The molecule has 0 aromatic heterocycles. The molecule has 1 unspecified atom stereocenters. The van der Waals surface area contributed by atoms with Gasteiger partial charge in [0.05, 0.1) is 0 Å². The molecule has 2 fully saturated rings. The lowest BCUT2D eigenvalue weighted by atomic mass is 10.1. The third-order valence-electron chi connectivity index (χ3n) is 3.78. The maximum Gasteiger partial charge on any atom is 0.328 e. The number of hydrogen-bond acceptors (Lipinski definition) is 3. The quantitative estimate of drug-likeness (QED) is 0.747. The van der Waals surface area contributed by atoms with Gasteiger partial charge in [0, 0.05) is 31.8 Å². The minimum Gasteiger partial charge on any atom is -0.478 e. The van der Waals surface area contributed by atoms with Crippen molar-refractivity contribution in [3.05, 3.63) is 12.2 Å². The number of likely N-dealkylation sites (tertiary alicyclic amines) is 2. The molecule has 2 heterocycles. The van der Waals surface area contributed by atoms with E-state index in [4.69, 9.17) is 5.11 Å².